The fraction of sp³-hybridized carbons (Fsp3) is 0.267. The molecule has 0 spiro atoms. The Morgan fingerprint density at radius 3 is 2.89 bits per heavy atom. The fourth-order valence-corrected chi connectivity index (χ4v) is 2.17. The monoisotopic (exact) mass is 320 g/mol. The molecule has 2 rings (SSSR count). The quantitative estimate of drug-likeness (QED) is 0.912. The number of nitrogens with zero attached hydrogens (tertiary/aromatic N) is 1. The molecule has 2 aromatic rings. The van der Waals surface area contributed by atoms with Gasteiger partial charge in [0, 0.05) is 22.8 Å². The second kappa shape index (κ2) is 6.68. The summed E-state index contributed by atoms with van der Waals surface area (Å²) < 4.78 is 6.78. The second-order valence-electron chi connectivity index (χ2n) is 4.36. The van der Waals surface area contributed by atoms with Gasteiger partial charge in [-0.3, -0.25) is 0 Å². The Morgan fingerprint density at radius 2 is 2.16 bits per heavy atom. The summed E-state index contributed by atoms with van der Waals surface area (Å²) in [7, 11) is 1.94. The van der Waals surface area contributed by atoms with E-state index in [-0.39, 0.29) is 6.04 Å². The van der Waals surface area contributed by atoms with Crippen LogP contribution in [0.1, 0.15) is 24.1 Å². The van der Waals surface area contributed by atoms with Gasteiger partial charge in [0.25, 0.3) is 0 Å². The van der Waals surface area contributed by atoms with E-state index in [1.807, 2.05) is 43.4 Å². The van der Waals surface area contributed by atoms with Crippen LogP contribution >= 0.6 is 15.9 Å². The molecule has 1 atom stereocenters. The predicted octanol–water partition coefficient (Wildman–Crippen LogP) is 3.70. The maximum Gasteiger partial charge on any atom is 0.213 e. The highest BCUT2D eigenvalue weighted by Gasteiger charge is 2.05. The molecule has 0 amide bonds. The molecule has 1 N–H and O–H groups in total. The lowest BCUT2D eigenvalue weighted by atomic mass is 10.1. The molecule has 0 aliphatic carbocycles. The molecule has 1 aromatic carbocycles. The number of aromatic nitrogens is 1. The van der Waals surface area contributed by atoms with Gasteiger partial charge >= 0.3 is 0 Å². The zero-order valence-electron chi connectivity index (χ0n) is 11.1. The molecule has 0 saturated carbocycles. The van der Waals surface area contributed by atoms with Gasteiger partial charge in [-0.1, -0.05) is 28.1 Å². The van der Waals surface area contributed by atoms with Gasteiger partial charge in [-0.15, -0.1) is 0 Å². The molecule has 19 heavy (non-hydrogen) atoms. The molecule has 100 valence electrons. The van der Waals surface area contributed by atoms with Crippen molar-refractivity contribution in [3.8, 4) is 5.88 Å². The molecule has 3 nitrogen and oxygen atoms in total. The lowest BCUT2D eigenvalue weighted by Gasteiger charge is -2.12. The zero-order valence-corrected chi connectivity index (χ0v) is 12.6. The third kappa shape index (κ3) is 4.04. The topological polar surface area (TPSA) is 34.2 Å². The molecule has 1 heterocycles. The van der Waals surface area contributed by atoms with Gasteiger partial charge in [0.05, 0.1) is 0 Å². The van der Waals surface area contributed by atoms with Crippen LogP contribution in [0.2, 0.25) is 0 Å². The summed E-state index contributed by atoms with van der Waals surface area (Å²) >= 11 is 3.45. The van der Waals surface area contributed by atoms with Crippen molar-refractivity contribution in [2.24, 2.45) is 0 Å². The number of benzene rings is 1. The molecular weight excluding hydrogens is 304 g/mol. The number of pyridine rings is 1. The summed E-state index contributed by atoms with van der Waals surface area (Å²) in [5.74, 6) is 0.652. The minimum absolute atomic E-state index is 0.288. The molecule has 0 bridgehead atoms. The Kier molecular flexibility index (Phi) is 4.93. The van der Waals surface area contributed by atoms with Gasteiger partial charge in [0.1, 0.15) is 6.61 Å². The summed E-state index contributed by atoms with van der Waals surface area (Å²) in [6, 6.07) is 12.3. The Bertz CT molecular complexity index is 545. The van der Waals surface area contributed by atoms with E-state index >= 15 is 0 Å². The first-order valence-corrected chi connectivity index (χ1v) is 6.99. The largest absolute Gasteiger partial charge is 0.473 e. The average Bonchev–Trinajstić information content (AvgIpc) is 2.45. The molecule has 1 aromatic heterocycles. The Balaban J connectivity index is 2.03. The van der Waals surface area contributed by atoms with Gasteiger partial charge in [0.15, 0.2) is 0 Å². The SMILES string of the molecule is CNC(C)c1ccnc(OCc2cccc(Br)c2)c1. The van der Waals surface area contributed by atoms with Crippen molar-refractivity contribution in [1.82, 2.24) is 10.3 Å². The number of halogens is 1. The van der Waals surface area contributed by atoms with Crippen molar-refractivity contribution in [3.05, 3.63) is 58.2 Å². The third-order valence-electron chi connectivity index (χ3n) is 2.97. The van der Waals surface area contributed by atoms with Crippen LogP contribution in [0, 0.1) is 0 Å². The highest BCUT2D eigenvalue weighted by Crippen LogP contribution is 2.18. The molecule has 0 fully saturated rings. The maximum atomic E-state index is 5.72. The van der Waals surface area contributed by atoms with Crippen molar-refractivity contribution >= 4 is 15.9 Å². The van der Waals surface area contributed by atoms with Crippen LogP contribution < -0.4 is 10.1 Å². The van der Waals surface area contributed by atoms with Crippen molar-refractivity contribution in [3.63, 3.8) is 0 Å². The van der Waals surface area contributed by atoms with Gasteiger partial charge < -0.3 is 10.1 Å². The van der Waals surface area contributed by atoms with E-state index in [0.29, 0.717) is 12.5 Å². The van der Waals surface area contributed by atoms with Crippen LogP contribution in [0.3, 0.4) is 0 Å². The minimum Gasteiger partial charge on any atom is -0.473 e. The average molecular weight is 321 g/mol. The van der Waals surface area contributed by atoms with Crippen molar-refractivity contribution in [1.29, 1.82) is 0 Å². The maximum absolute atomic E-state index is 5.72. The lowest BCUT2D eigenvalue weighted by Crippen LogP contribution is -2.12. The van der Waals surface area contributed by atoms with E-state index in [4.69, 9.17) is 4.74 Å². The number of rotatable bonds is 5. The highest BCUT2D eigenvalue weighted by atomic mass is 79.9. The van der Waals surface area contributed by atoms with E-state index in [1.165, 1.54) is 5.56 Å². The van der Waals surface area contributed by atoms with Crippen LogP contribution in [0.5, 0.6) is 5.88 Å². The molecule has 0 radical (unpaired) electrons. The summed E-state index contributed by atoms with van der Waals surface area (Å²) in [5.41, 5.74) is 2.28. The molecular formula is C15H17BrN2O. The van der Waals surface area contributed by atoms with Crippen LogP contribution in [-0.4, -0.2) is 12.0 Å². The van der Waals surface area contributed by atoms with Crippen LogP contribution in [0.4, 0.5) is 0 Å². The molecule has 4 heteroatoms. The number of hydrogen-bond donors (Lipinski definition) is 1. The standard InChI is InChI=1S/C15H17BrN2O/c1-11(17-2)13-6-7-18-15(9-13)19-10-12-4-3-5-14(16)8-12/h3-9,11,17H,10H2,1-2H3. The van der Waals surface area contributed by atoms with Crippen molar-refractivity contribution in [2.45, 2.75) is 19.6 Å². The van der Waals surface area contributed by atoms with Gasteiger partial charge in [0.2, 0.25) is 5.88 Å². The second-order valence-corrected chi connectivity index (χ2v) is 5.27. The van der Waals surface area contributed by atoms with Gasteiger partial charge in [-0.05, 0) is 43.3 Å². The van der Waals surface area contributed by atoms with Crippen LogP contribution in [0.25, 0.3) is 0 Å². The Labute approximate surface area is 122 Å². The first-order valence-electron chi connectivity index (χ1n) is 6.19. The first-order chi connectivity index (χ1) is 9.19. The van der Waals surface area contributed by atoms with Crippen LogP contribution in [0.15, 0.2) is 47.1 Å². The molecule has 0 aliphatic heterocycles. The molecule has 0 aliphatic rings. The van der Waals surface area contributed by atoms with E-state index in [0.717, 1.165) is 10.0 Å². The molecule has 0 saturated heterocycles. The Morgan fingerprint density at radius 1 is 1.32 bits per heavy atom. The van der Waals surface area contributed by atoms with Crippen molar-refractivity contribution < 1.29 is 4.74 Å². The normalized spacial score (nSPS) is 12.2. The van der Waals surface area contributed by atoms with E-state index in [1.54, 1.807) is 6.20 Å². The number of ether oxygens (including phenoxy) is 1. The first kappa shape index (κ1) is 14.0. The predicted molar refractivity (Wildman–Crippen MR) is 80.2 cm³/mol. The minimum atomic E-state index is 0.288. The summed E-state index contributed by atoms with van der Waals surface area (Å²) in [6.07, 6.45) is 1.78. The number of nitrogens with one attached hydrogen (secondary N) is 1. The van der Waals surface area contributed by atoms with Gasteiger partial charge in [-0.2, -0.15) is 0 Å². The van der Waals surface area contributed by atoms with E-state index < -0.39 is 0 Å². The summed E-state index contributed by atoms with van der Waals surface area (Å²) in [4.78, 5) is 4.23. The summed E-state index contributed by atoms with van der Waals surface area (Å²) in [5, 5.41) is 3.20. The lowest BCUT2D eigenvalue weighted by molar-refractivity contribution is 0.293. The van der Waals surface area contributed by atoms with E-state index in [9.17, 15) is 0 Å². The van der Waals surface area contributed by atoms with Gasteiger partial charge in [-0.25, -0.2) is 4.98 Å². The Hall–Kier alpha value is -1.39. The fourth-order valence-electron chi connectivity index (χ4n) is 1.72. The smallest absolute Gasteiger partial charge is 0.213 e. The highest BCUT2D eigenvalue weighted by molar-refractivity contribution is 9.10. The molecule has 1 unspecified atom stereocenters. The van der Waals surface area contributed by atoms with E-state index in [2.05, 4.69) is 33.2 Å². The van der Waals surface area contributed by atoms with Crippen LogP contribution in [-0.2, 0) is 6.61 Å². The zero-order chi connectivity index (χ0) is 13.7. The number of hydrogen-bond acceptors (Lipinski definition) is 3. The summed E-state index contributed by atoms with van der Waals surface area (Å²) in [6.45, 7) is 2.62. The third-order valence-corrected chi connectivity index (χ3v) is 3.46. The van der Waals surface area contributed by atoms with Crippen molar-refractivity contribution in [2.75, 3.05) is 7.05 Å².